The number of rotatable bonds is 1. The van der Waals surface area contributed by atoms with Crippen molar-refractivity contribution in [2.75, 3.05) is 13.1 Å². The van der Waals surface area contributed by atoms with Gasteiger partial charge in [0.05, 0.1) is 6.04 Å². The van der Waals surface area contributed by atoms with Gasteiger partial charge in [-0.05, 0) is 39.3 Å². The molecule has 0 aromatic heterocycles. The van der Waals surface area contributed by atoms with Crippen molar-refractivity contribution in [2.45, 2.75) is 39.2 Å². The van der Waals surface area contributed by atoms with Crippen molar-refractivity contribution in [3.63, 3.8) is 0 Å². The SMILES string of the molecule is CC1=NN(C2CCNCC2)C(=O)C(C)C1. The quantitative estimate of drug-likeness (QED) is 0.699. The number of piperidine rings is 1. The zero-order valence-corrected chi connectivity index (χ0v) is 9.49. The van der Waals surface area contributed by atoms with Crippen LogP contribution in [0, 0.1) is 5.92 Å². The number of carbonyl (C=O) groups excluding carboxylic acids is 1. The maximum atomic E-state index is 12.0. The van der Waals surface area contributed by atoms with E-state index < -0.39 is 0 Å². The van der Waals surface area contributed by atoms with Crippen LogP contribution < -0.4 is 5.32 Å². The van der Waals surface area contributed by atoms with Crippen LogP contribution in [0.2, 0.25) is 0 Å². The lowest BCUT2D eigenvalue weighted by molar-refractivity contribution is -0.138. The highest BCUT2D eigenvalue weighted by molar-refractivity contribution is 5.92. The topological polar surface area (TPSA) is 44.7 Å². The Morgan fingerprint density at radius 1 is 1.40 bits per heavy atom. The first-order valence-corrected chi connectivity index (χ1v) is 5.76. The largest absolute Gasteiger partial charge is 0.317 e. The summed E-state index contributed by atoms with van der Waals surface area (Å²) >= 11 is 0. The summed E-state index contributed by atoms with van der Waals surface area (Å²) in [6.07, 6.45) is 2.87. The molecule has 1 unspecified atom stereocenters. The summed E-state index contributed by atoms with van der Waals surface area (Å²) in [5.74, 6) is 0.310. The number of nitrogens with zero attached hydrogens (tertiary/aromatic N) is 2. The molecule has 0 aromatic rings. The summed E-state index contributed by atoms with van der Waals surface area (Å²) < 4.78 is 0. The summed E-state index contributed by atoms with van der Waals surface area (Å²) in [7, 11) is 0. The van der Waals surface area contributed by atoms with E-state index in [1.54, 1.807) is 5.01 Å². The molecule has 0 spiro atoms. The predicted octanol–water partition coefficient (Wildman–Crippen LogP) is 0.983. The van der Waals surface area contributed by atoms with Crippen LogP contribution in [0.5, 0.6) is 0 Å². The summed E-state index contributed by atoms with van der Waals surface area (Å²) in [5.41, 5.74) is 1.08. The van der Waals surface area contributed by atoms with Crippen molar-refractivity contribution in [1.29, 1.82) is 0 Å². The normalized spacial score (nSPS) is 29.2. The molecule has 4 nitrogen and oxygen atoms in total. The second kappa shape index (κ2) is 4.31. The third-order valence-electron chi connectivity index (χ3n) is 3.18. The standard InChI is InChI=1S/C11H19N3O/c1-8-7-9(2)13-14(11(8)15)10-3-5-12-6-4-10/h8,10,12H,3-7H2,1-2H3. The highest BCUT2D eigenvalue weighted by Crippen LogP contribution is 2.21. The molecular weight excluding hydrogens is 190 g/mol. The molecule has 15 heavy (non-hydrogen) atoms. The van der Waals surface area contributed by atoms with Crippen LogP contribution in [0.4, 0.5) is 0 Å². The summed E-state index contributed by atoms with van der Waals surface area (Å²) in [5, 5.41) is 9.46. The minimum absolute atomic E-state index is 0.109. The first-order valence-electron chi connectivity index (χ1n) is 5.76. The number of amides is 1. The molecule has 2 rings (SSSR count). The van der Waals surface area contributed by atoms with Crippen LogP contribution in [0.15, 0.2) is 5.10 Å². The van der Waals surface area contributed by atoms with E-state index in [0.29, 0.717) is 6.04 Å². The van der Waals surface area contributed by atoms with Crippen molar-refractivity contribution in [3.8, 4) is 0 Å². The van der Waals surface area contributed by atoms with E-state index in [2.05, 4.69) is 10.4 Å². The number of nitrogens with one attached hydrogen (secondary N) is 1. The maximum absolute atomic E-state index is 12.0. The Bertz CT molecular complexity index is 282. The van der Waals surface area contributed by atoms with E-state index in [0.717, 1.165) is 38.1 Å². The molecule has 0 saturated carbocycles. The third kappa shape index (κ3) is 2.20. The highest BCUT2D eigenvalue weighted by atomic mass is 16.2. The summed E-state index contributed by atoms with van der Waals surface area (Å²) in [4.78, 5) is 12.0. The number of carbonyl (C=O) groups is 1. The van der Waals surface area contributed by atoms with Crippen molar-refractivity contribution in [3.05, 3.63) is 0 Å². The van der Waals surface area contributed by atoms with Crippen LogP contribution in [-0.2, 0) is 4.79 Å². The molecule has 0 aromatic carbocycles. The second-order valence-corrected chi connectivity index (χ2v) is 4.60. The molecular formula is C11H19N3O. The molecule has 1 fully saturated rings. The van der Waals surface area contributed by atoms with Gasteiger partial charge in [-0.2, -0.15) is 5.10 Å². The zero-order valence-electron chi connectivity index (χ0n) is 9.49. The number of hydrogen-bond acceptors (Lipinski definition) is 3. The van der Waals surface area contributed by atoms with Gasteiger partial charge in [0, 0.05) is 11.6 Å². The van der Waals surface area contributed by atoms with Crippen molar-refractivity contribution in [1.82, 2.24) is 10.3 Å². The Kier molecular flexibility index (Phi) is 3.05. The molecule has 2 aliphatic heterocycles. The van der Waals surface area contributed by atoms with Gasteiger partial charge in [-0.15, -0.1) is 0 Å². The van der Waals surface area contributed by atoms with E-state index >= 15 is 0 Å². The molecule has 1 amide bonds. The predicted molar refractivity (Wildman–Crippen MR) is 59.6 cm³/mol. The lowest BCUT2D eigenvalue weighted by Gasteiger charge is -2.35. The molecule has 84 valence electrons. The molecule has 2 heterocycles. The summed E-state index contributed by atoms with van der Waals surface area (Å²) in [6.45, 7) is 6.00. The smallest absolute Gasteiger partial charge is 0.246 e. The Labute approximate surface area is 90.7 Å². The van der Waals surface area contributed by atoms with Gasteiger partial charge in [0.1, 0.15) is 0 Å². The molecule has 2 aliphatic rings. The lowest BCUT2D eigenvalue weighted by Crippen LogP contribution is -2.47. The minimum Gasteiger partial charge on any atom is -0.317 e. The van der Waals surface area contributed by atoms with Crippen LogP contribution in [0.1, 0.15) is 33.1 Å². The molecule has 1 atom stereocenters. The maximum Gasteiger partial charge on any atom is 0.246 e. The van der Waals surface area contributed by atoms with Gasteiger partial charge in [-0.3, -0.25) is 4.79 Å². The molecule has 0 radical (unpaired) electrons. The van der Waals surface area contributed by atoms with E-state index in [-0.39, 0.29) is 11.8 Å². The fraction of sp³-hybridized carbons (Fsp3) is 0.818. The Morgan fingerprint density at radius 2 is 2.07 bits per heavy atom. The molecule has 1 saturated heterocycles. The van der Waals surface area contributed by atoms with Gasteiger partial charge in [0.15, 0.2) is 0 Å². The fourth-order valence-electron chi connectivity index (χ4n) is 2.34. The first-order chi connectivity index (χ1) is 7.18. The van der Waals surface area contributed by atoms with Crippen molar-refractivity contribution >= 4 is 11.6 Å². The average Bonchev–Trinajstić information content (AvgIpc) is 2.24. The van der Waals surface area contributed by atoms with Crippen molar-refractivity contribution in [2.24, 2.45) is 11.0 Å². The van der Waals surface area contributed by atoms with Crippen LogP contribution in [0.25, 0.3) is 0 Å². The Balaban J connectivity index is 2.11. The van der Waals surface area contributed by atoms with Gasteiger partial charge >= 0.3 is 0 Å². The third-order valence-corrected chi connectivity index (χ3v) is 3.18. The fourth-order valence-corrected chi connectivity index (χ4v) is 2.34. The van der Waals surface area contributed by atoms with Gasteiger partial charge in [-0.25, -0.2) is 5.01 Å². The molecule has 1 N–H and O–H groups in total. The monoisotopic (exact) mass is 209 g/mol. The molecule has 4 heteroatoms. The Morgan fingerprint density at radius 3 is 2.73 bits per heavy atom. The first kappa shape index (κ1) is 10.6. The zero-order chi connectivity index (χ0) is 10.8. The van der Waals surface area contributed by atoms with Crippen LogP contribution >= 0.6 is 0 Å². The number of hydrogen-bond donors (Lipinski definition) is 1. The van der Waals surface area contributed by atoms with E-state index in [4.69, 9.17) is 0 Å². The number of hydrazone groups is 1. The minimum atomic E-state index is 0.109. The summed E-state index contributed by atoms with van der Waals surface area (Å²) in [6, 6.07) is 0.316. The molecule has 0 aliphatic carbocycles. The van der Waals surface area contributed by atoms with Crippen LogP contribution in [-0.4, -0.2) is 35.8 Å². The lowest BCUT2D eigenvalue weighted by atomic mass is 9.99. The second-order valence-electron chi connectivity index (χ2n) is 4.60. The van der Waals surface area contributed by atoms with Gasteiger partial charge in [-0.1, -0.05) is 6.92 Å². The van der Waals surface area contributed by atoms with E-state index in [1.807, 2.05) is 13.8 Å². The molecule has 0 bridgehead atoms. The van der Waals surface area contributed by atoms with E-state index in [1.165, 1.54) is 0 Å². The van der Waals surface area contributed by atoms with Crippen molar-refractivity contribution < 1.29 is 4.79 Å². The highest BCUT2D eigenvalue weighted by Gasteiger charge is 2.31. The van der Waals surface area contributed by atoms with E-state index in [9.17, 15) is 4.79 Å². The van der Waals surface area contributed by atoms with Gasteiger partial charge in [0.25, 0.3) is 0 Å². The Hall–Kier alpha value is -0.900. The van der Waals surface area contributed by atoms with Gasteiger partial charge in [0.2, 0.25) is 5.91 Å². The van der Waals surface area contributed by atoms with Gasteiger partial charge < -0.3 is 5.32 Å². The average molecular weight is 209 g/mol. The van der Waals surface area contributed by atoms with Crippen LogP contribution in [0.3, 0.4) is 0 Å².